The molecule has 0 atom stereocenters. The second kappa shape index (κ2) is 8.85. The van der Waals surface area contributed by atoms with Crippen molar-refractivity contribution in [2.75, 3.05) is 5.32 Å². The minimum Gasteiger partial charge on any atom is -0.478 e. The van der Waals surface area contributed by atoms with Crippen molar-refractivity contribution in [1.29, 1.82) is 0 Å². The lowest BCUT2D eigenvalue weighted by Gasteiger charge is -2.56. The van der Waals surface area contributed by atoms with Crippen LogP contribution in [0.5, 0.6) is 0 Å². The highest BCUT2D eigenvalue weighted by molar-refractivity contribution is 6.04. The van der Waals surface area contributed by atoms with Gasteiger partial charge < -0.3 is 15.2 Å². The zero-order chi connectivity index (χ0) is 24.9. The van der Waals surface area contributed by atoms with E-state index in [0.717, 1.165) is 48.3 Å². The second-order valence-corrected chi connectivity index (χ2v) is 10.8. The van der Waals surface area contributed by atoms with E-state index < -0.39 is 11.9 Å². The van der Waals surface area contributed by atoms with Crippen LogP contribution in [-0.4, -0.2) is 37.6 Å². The lowest BCUT2D eigenvalue weighted by atomic mass is 9.54. The maximum Gasteiger partial charge on any atom is 0.335 e. The summed E-state index contributed by atoms with van der Waals surface area (Å²) >= 11 is 0. The van der Waals surface area contributed by atoms with Gasteiger partial charge in [-0.1, -0.05) is 24.3 Å². The Balaban J connectivity index is 1.29. The summed E-state index contributed by atoms with van der Waals surface area (Å²) in [5, 5.41) is 21.3. The molecule has 186 valence electrons. The van der Waals surface area contributed by atoms with Gasteiger partial charge in [0.05, 0.1) is 23.5 Å². The normalized spacial score (nSPS) is 26.2. The van der Waals surface area contributed by atoms with Crippen LogP contribution in [0.2, 0.25) is 0 Å². The number of aromatic carboxylic acids is 1. The summed E-state index contributed by atoms with van der Waals surface area (Å²) < 4.78 is 6.63. The van der Waals surface area contributed by atoms with Crippen molar-refractivity contribution in [3.05, 3.63) is 71.0 Å². The van der Waals surface area contributed by atoms with Gasteiger partial charge in [0.25, 0.3) is 5.91 Å². The Bertz CT molecular complexity index is 1300. The average Bonchev–Trinajstić information content (AvgIpc) is 3.27. The standard InChI is InChI=1S/C28H30N4O4/c1-17-5-2-3-8-24(17)32-30-23(16-36-28-13-18-9-19(14-28)11-20(10-18)15-28)25(31-32)26(33)29-22-7-4-6-21(12-22)27(34)35/h2-8,12,18-20H,9-11,13-16H2,1H3,(H,29,33)(H,34,35). The maximum absolute atomic E-state index is 13.3. The summed E-state index contributed by atoms with van der Waals surface area (Å²) in [6.45, 7) is 2.19. The van der Waals surface area contributed by atoms with Crippen molar-refractivity contribution in [1.82, 2.24) is 15.0 Å². The number of aromatic nitrogens is 3. The number of carboxylic acids is 1. The number of hydrogen-bond donors (Lipinski definition) is 2. The summed E-state index contributed by atoms with van der Waals surface area (Å²) in [7, 11) is 0. The van der Waals surface area contributed by atoms with E-state index in [1.807, 2.05) is 31.2 Å². The fourth-order valence-electron chi connectivity index (χ4n) is 6.86. The molecule has 4 aliphatic rings. The average molecular weight is 487 g/mol. The van der Waals surface area contributed by atoms with Crippen LogP contribution in [0.4, 0.5) is 5.69 Å². The SMILES string of the molecule is Cc1ccccc1-n1nc(COC23CC4CC(CC(C4)C2)C3)c(C(=O)Nc2cccc(C(=O)O)c2)n1. The fraction of sp³-hybridized carbons (Fsp3) is 0.429. The van der Waals surface area contributed by atoms with Gasteiger partial charge in [-0.2, -0.15) is 4.80 Å². The first-order chi connectivity index (χ1) is 17.4. The molecule has 4 saturated carbocycles. The predicted octanol–water partition coefficient (Wildman–Crippen LogP) is 5.01. The molecule has 4 bridgehead atoms. The van der Waals surface area contributed by atoms with Gasteiger partial charge in [-0.15, -0.1) is 10.2 Å². The molecule has 0 radical (unpaired) electrons. The van der Waals surface area contributed by atoms with Crippen LogP contribution in [0.3, 0.4) is 0 Å². The Labute approximate surface area is 209 Å². The first-order valence-corrected chi connectivity index (χ1v) is 12.7. The number of rotatable bonds is 7. The van der Waals surface area contributed by atoms with Crippen molar-refractivity contribution >= 4 is 17.6 Å². The Hall–Kier alpha value is -3.52. The molecular weight excluding hydrogens is 456 g/mol. The number of amides is 1. The number of carboxylic acid groups (broad SMARTS) is 1. The largest absolute Gasteiger partial charge is 0.478 e. The summed E-state index contributed by atoms with van der Waals surface area (Å²) in [5.41, 5.74) is 2.82. The Morgan fingerprint density at radius 2 is 1.72 bits per heavy atom. The van der Waals surface area contributed by atoms with Gasteiger partial charge in [-0.05, 0) is 93.0 Å². The molecule has 1 heterocycles. The molecule has 0 aliphatic heterocycles. The Kier molecular flexibility index (Phi) is 5.63. The molecule has 1 aromatic heterocycles. The molecule has 4 aliphatic carbocycles. The van der Waals surface area contributed by atoms with Crippen LogP contribution in [0.1, 0.15) is 70.6 Å². The highest BCUT2D eigenvalue weighted by Gasteiger charge is 2.51. The first-order valence-electron chi connectivity index (χ1n) is 12.7. The molecule has 8 nitrogen and oxygen atoms in total. The number of nitrogens with one attached hydrogen (secondary N) is 1. The fourth-order valence-corrected chi connectivity index (χ4v) is 6.86. The summed E-state index contributed by atoms with van der Waals surface area (Å²) in [5.74, 6) is 0.761. The molecular formula is C28H30N4O4. The molecule has 2 aromatic carbocycles. The number of carbonyl (C=O) groups excluding carboxylic acids is 1. The van der Waals surface area contributed by atoms with E-state index in [0.29, 0.717) is 11.4 Å². The van der Waals surface area contributed by atoms with Crippen molar-refractivity contribution in [2.24, 2.45) is 17.8 Å². The lowest BCUT2D eigenvalue weighted by molar-refractivity contribution is -0.169. The quantitative estimate of drug-likeness (QED) is 0.486. The van der Waals surface area contributed by atoms with Crippen LogP contribution in [0, 0.1) is 24.7 Å². The van der Waals surface area contributed by atoms with Gasteiger partial charge in [0.15, 0.2) is 5.69 Å². The lowest BCUT2D eigenvalue weighted by Crippen LogP contribution is -2.51. The zero-order valence-corrected chi connectivity index (χ0v) is 20.3. The van der Waals surface area contributed by atoms with Gasteiger partial charge in [-0.25, -0.2) is 4.79 Å². The monoisotopic (exact) mass is 486 g/mol. The summed E-state index contributed by atoms with van der Waals surface area (Å²) in [6.07, 6.45) is 7.26. The first kappa shape index (κ1) is 22.9. The van der Waals surface area contributed by atoms with Gasteiger partial charge in [0.1, 0.15) is 5.69 Å². The van der Waals surface area contributed by atoms with E-state index in [2.05, 4.69) is 10.4 Å². The maximum atomic E-state index is 13.3. The highest BCUT2D eigenvalue weighted by atomic mass is 16.5. The van der Waals surface area contributed by atoms with Crippen molar-refractivity contribution in [3.8, 4) is 5.69 Å². The minimum atomic E-state index is -1.05. The Morgan fingerprint density at radius 1 is 1.03 bits per heavy atom. The van der Waals surface area contributed by atoms with Gasteiger partial charge in [-0.3, -0.25) is 4.79 Å². The van der Waals surface area contributed by atoms with Crippen LogP contribution < -0.4 is 5.32 Å². The second-order valence-electron chi connectivity index (χ2n) is 10.8. The molecule has 4 fully saturated rings. The summed E-state index contributed by atoms with van der Waals surface area (Å²) in [4.78, 5) is 26.2. The molecule has 8 heteroatoms. The van der Waals surface area contributed by atoms with Gasteiger partial charge in [0.2, 0.25) is 0 Å². The van der Waals surface area contributed by atoms with Crippen LogP contribution in [-0.2, 0) is 11.3 Å². The van der Waals surface area contributed by atoms with Crippen LogP contribution >= 0.6 is 0 Å². The molecule has 0 spiro atoms. The molecule has 3 aromatic rings. The number of para-hydroxylation sites is 1. The third-order valence-electron chi connectivity index (χ3n) is 8.09. The number of ether oxygens (including phenoxy) is 1. The van der Waals surface area contributed by atoms with E-state index in [9.17, 15) is 14.7 Å². The molecule has 0 unspecified atom stereocenters. The number of benzene rings is 2. The number of hydrogen-bond acceptors (Lipinski definition) is 5. The number of nitrogens with zero attached hydrogens (tertiary/aromatic N) is 3. The minimum absolute atomic E-state index is 0.0988. The molecule has 7 rings (SSSR count). The zero-order valence-electron chi connectivity index (χ0n) is 20.3. The molecule has 2 N–H and O–H groups in total. The van der Waals surface area contributed by atoms with Crippen LogP contribution in [0.25, 0.3) is 5.69 Å². The smallest absolute Gasteiger partial charge is 0.335 e. The van der Waals surface area contributed by atoms with Crippen molar-refractivity contribution < 1.29 is 19.4 Å². The van der Waals surface area contributed by atoms with E-state index in [-0.39, 0.29) is 23.5 Å². The van der Waals surface area contributed by atoms with E-state index in [1.165, 1.54) is 36.2 Å². The summed E-state index contributed by atoms with van der Waals surface area (Å²) in [6, 6.07) is 13.9. The number of aryl methyl sites for hydroxylation is 1. The molecule has 1 amide bonds. The van der Waals surface area contributed by atoms with Crippen molar-refractivity contribution in [2.45, 2.75) is 57.7 Å². The Morgan fingerprint density at radius 3 is 2.39 bits per heavy atom. The van der Waals surface area contributed by atoms with Gasteiger partial charge in [0, 0.05) is 5.69 Å². The topological polar surface area (TPSA) is 106 Å². The van der Waals surface area contributed by atoms with E-state index >= 15 is 0 Å². The molecule has 36 heavy (non-hydrogen) atoms. The highest BCUT2D eigenvalue weighted by Crippen LogP contribution is 2.57. The van der Waals surface area contributed by atoms with Gasteiger partial charge >= 0.3 is 5.97 Å². The predicted molar refractivity (Wildman–Crippen MR) is 133 cm³/mol. The van der Waals surface area contributed by atoms with Crippen molar-refractivity contribution in [3.63, 3.8) is 0 Å². The number of anilines is 1. The van der Waals surface area contributed by atoms with E-state index in [4.69, 9.17) is 9.84 Å². The molecule has 0 saturated heterocycles. The van der Waals surface area contributed by atoms with Crippen LogP contribution in [0.15, 0.2) is 48.5 Å². The third-order valence-corrected chi connectivity index (χ3v) is 8.09. The third kappa shape index (κ3) is 4.30. The number of carbonyl (C=O) groups is 2. The van der Waals surface area contributed by atoms with E-state index in [1.54, 1.807) is 12.1 Å².